The Kier molecular flexibility index (Phi) is 4.24. The molecule has 16 heavy (non-hydrogen) atoms. The molecule has 0 amide bonds. The van der Waals surface area contributed by atoms with Crippen molar-refractivity contribution in [2.24, 2.45) is 0 Å². The Morgan fingerprint density at radius 1 is 1.44 bits per heavy atom. The first-order valence-corrected chi connectivity index (χ1v) is 4.97. The average molecular weight is 227 g/mol. The van der Waals surface area contributed by atoms with Gasteiger partial charge in [-0.3, -0.25) is 0 Å². The number of rotatable bonds is 5. The van der Waals surface area contributed by atoms with Gasteiger partial charge in [0.1, 0.15) is 0 Å². The molecule has 1 heterocycles. The van der Waals surface area contributed by atoms with Crippen LogP contribution in [0.1, 0.15) is 13.3 Å². The van der Waals surface area contributed by atoms with Crippen molar-refractivity contribution in [1.82, 2.24) is 15.0 Å². The predicted octanol–water partition coefficient (Wildman–Crippen LogP) is -0.331. The largest absolute Gasteiger partial charge is 0.467 e. The average Bonchev–Trinajstić information content (AvgIpc) is 2.24. The second kappa shape index (κ2) is 5.45. The Morgan fingerprint density at radius 3 is 2.69 bits per heavy atom. The minimum Gasteiger partial charge on any atom is -0.467 e. The van der Waals surface area contributed by atoms with Gasteiger partial charge in [0, 0.05) is 13.6 Å². The summed E-state index contributed by atoms with van der Waals surface area (Å²) in [6.07, 6.45) is 0.272. The van der Waals surface area contributed by atoms with Crippen LogP contribution in [0.4, 0.5) is 11.9 Å². The van der Waals surface area contributed by atoms with E-state index in [1.807, 2.05) is 7.05 Å². The lowest BCUT2D eigenvalue weighted by molar-refractivity contribution is 0.186. The van der Waals surface area contributed by atoms with Crippen LogP contribution in [-0.2, 0) is 0 Å². The van der Waals surface area contributed by atoms with Gasteiger partial charge in [-0.25, -0.2) is 0 Å². The number of anilines is 2. The first-order chi connectivity index (χ1) is 7.52. The van der Waals surface area contributed by atoms with Crippen LogP contribution >= 0.6 is 0 Å². The molecule has 3 N–H and O–H groups in total. The number of nitrogens with two attached hydrogens (primary N) is 1. The zero-order valence-electron chi connectivity index (χ0n) is 9.71. The first kappa shape index (κ1) is 12.4. The summed E-state index contributed by atoms with van der Waals surface area (Å²) in [6, 6.07) is 0.186. The molecular weight excluding hydrogens is 210 g/mol. The van der Waals surface area contributed by atoms with Crippen molar-refractivity contribution in [3.8, 4) is 6.01 Å². The lowest BCUT2D eigenvalue weighted by Crippen LogP contribution is -2.24. The molecule has 0 aliphatic rings. The number of nitrogen functional groups attached to an aromatic ring is 1. The summed E-state index contributed by atoms with van der Waals surface area (Å²) >= 11 is 0. The van der Waals surface area contributed by atoms with E-state index in [0.29, 0.717) is 18.9 Å². The first-order valence-electron chi connectivity index (χ1n) is 4.97. The van der Waals surface area contributed by atoms with E-state index in [2.05, 4.69) is 15.0 Å². The molecule has 0 saturated carbocycles. The maximum absolute atomic E-state index is 9.17. The van der Waals surface area contributed by atoms with Gasteiger partial charge in [0.25, 0.3) is 0 Å². The standard InChI is InChI=1S/C9H17N5O2/c1-6(15)4-5-14(2)8-11-7(10)12-9(13-8)16-3/h6,15H,4-5H2,1-3H3,(H2,10,11,12,13). The van der Waals surface area contributed by atoms with Crippen molar-refractivity contribution in [2.75, 3.05) is 31.3 Å². The van der Waals surface area contributed by atoms with Crippen molar-refractivity contribution in [2.45, 2.75) is 19.4 Å². The minimum absolute atomic E-state index is 0.116. The van der Waals surface area contributed by atoms with Gasteiger partial charge in [0.2, 0.25) is 11.9 Å². The minimum atomic E-state index is -0.358. The number of nitrogens with zero attached hydrogens (tertiary/aromatic N) is 4. The highest BCUT2D eigenvalue weighted by atomic mass is 16.5. The zero-order valence-corrected chi connectivity index (χ0v) is 9.71. The van der Waals surface area contributed by atoms with Crippen LogP contribution in [0.25, 0.3) is 0 Å². The van der Waals surface area contributed by atoms with Gasteiger partial charge < -0.3 is 20.5 Å². The van der Waals surface area contributed by atoms with E-state index in [9.17, 15) is 5.11 Å². The van der Waals surface area contributed by atoms with Gasteiger partial charge in [0.15, 0.2) is 0 Å². The molecule has 0 aromatic carbocycles. The van der Waals surface area contributed by atoms with Gasteiger partial charge in [-0.2, -0.15) is 15.0 Å². The second-order valence-electron chi connectivity index (χ2n) is 3.54. The highest BCUT2D eigenvalue weighted by molar-refractivity contribution is 5.34. The zero-order chi connectivity index (χ0) is 12.1. The van der Waals surface area contributed by atoms with Crippen molar-refractivity contribution < 1.29 is 9.84 Å². The maximum atomic E-state index is 9.17. The Hall–Kier alpha value is -1.63. The number of aromatic nitrogens is 3. The van der Waals surface area contributed by atoms with Gasteiger partial charge in [0.05, 0.1) is 13.2 Å². The van der Waals surface area contributed by atoms with Crippen molar-refractivity contribution in [1.29, 1.82) is 0 Å². The van der Waals surface area contributed by atoms with Gasteiger partial charge in [-0.05, 0) is 13.3 Å². The third-order valence-electron chi connectivity index (χ3n) is 2.03. The topological polar surface area (TPSA) is 97.4 Å². The van der Waals surface area contributed by atoms with E-state index in [1.165, 1.54) is 7.11 Å². The second-order valence-corrected chi connectivity index (χ2v) is 3.54. The summed E-state index contributed by atoms with van der Waals surface area (Å²) in [7, 11) is 3.28. The predicted molar refractivity (Wildman–Crippen MR) is 60.4 cm³/mol. The number of ether oxygens (including phenoxy) is 1. The quantitative estimate of drug-likeness (QED) is 0.710. The number of methoxy groups -OCH3 is 1. The van der Waals surface area contributed by atoms with Crippen LogP contribution in [0.2, 0.25) is 0 Å². The third kappa shape index (κ3) is 3.50. The summed E-state index contributed by atoms with van der Waals surface area (Å²) in [5, 5.41) is 9.17. The fourth-order valence-electron chi connectivity index (χ4n) is 1.10. The molecule has 0 fully saturated rings. The molecule has 0 aliphatic carbocycles. The fraction of sp³-hybridized carbons (Fsp3) is 0.667. The molecule has 0 aliphatic heterocycles. The monoisotopic (exact) mass is 227 g/mol. The molecule has 0 bridgehead atoms. The summed E-state index contributed by atoms with van der Waals surface area (Å²) in [6.45, 7) is 2.36. The Labute approximate surface area is 94.3 Å². The van der Waals surface area contributed by atoms with E-state index >= 15 is 0 Å². The van der Waals surface area contributed by atoms with E-state index < -0.39 is 0 Å². The van der Waals surface area contributed by atoms with Crippen LogP contribution < -0.4 is 15.4 Å². The number of aliphatic hydroxyl groups excluding tert-OH is 1. The molecular formula is C9H17N5O2. The van der Waals surface area contributed by atoms with Crippen LogP contribution in [0, 0.1) is 0 Å². The lowest BCUT2D eigenvalue weighted by Gasteiger charge is -2.17. The Bertz CT molecular complexity index is 345. The van der Waals surface area contributed by atoms with E-state index in [1.54, 1.807) is 11.8 Å². The molecule has 0 saturated heterocycles. The molecule has 7 nitrogen and oxygen atoms in total. The maximum Gasteiger partial charge on any atom is 0.322 e. The van der Waals surface area contributed by atoms with Crippen molar-refractivity contribution in [3.63, 3.8) is 0 Å². The summed E-state index contributed by atoms with van der Waals surface area (Å²) < 4.78 is 4.89. The molecule has 1 atom stereocenters. The highest BCUT2D eigenvalue weighted by Crippen LogP contribution is 2.12. The van der Waals surface area contributed by atoms with E-state index in [0.717, 1.165) is 0 Å². The Morgan fingerprint density at radius 2 is 2.12 bits per heavy atom. The molecule has 90 valence electrons. The molecule has 7 heteroatoms. The molecule has 0 spiro atoms. The Balaban J connectivity index is 2.74. The molecule has 1 aromatic heterocycles. The van der Waals surface area contributed by atoms with Crippen LogP contribution in [0.5, 0.6) is 6.01 Å². The molecule has 1 unspecified atom stereocenters. The van der Waals surface area contributed by atoms with Gasteiger partial charge in [-0.15, -0.1) is 0 Å². The highest BCUT2D eigenvalue weighted by Gasteiger charge is 2.09. The third-order valence-corrected chi connectivity index (χ3v) is 2.03. The van der Waals surface area contributed by atoms with E-state index in [-0.39, 0.29) is 18.1 Å². The number of hydrogen-bond donors (Lipinski definition) is 2. The smallest absolute Gasteiger partial charge is 0.322 e. The lowest BCUT2D eigenvalue weighted by atomic mass is 10.3. The summed E-state index contributed by atoms with van der Waals surface area (Å²) in [5.74, 6) is 0.552. The van der Waals surface area contributed by atoms with Gasteiger partial charge >= 0.3 is 6.01 Å². The van der Waals surface area contributed by atoms with Crippen LogP contribution in [-0.4, -0.2) is 46.9 Å². The SMILES string of the molecule is COc1nc(N)nc(N(C)CCC(C)O)n1. The number of aliphatic hydroxyl groups is 1. The summed E-state index contributed by atoms with van der Waals surface area (Å²) in [5.41, 5.74) is 5.51. The van der Waals surface area contributed by atoms with Gasteiger partial charge in [-0.1, -0.05) is 0 Å². The summed E-state index contributed by atoms with van der Waals surface area (Å²) in [4.78, 5) is 13.6. The van der Waals surface area contributed by atoms with E-state index in [4.69, 9.17) is 10.5 Å². The van der Waals surface area contributed by atoms with Crippen LogP contribution in [0.15, 0.2) is 0 Å². The van der Waals surface area contributed by atoms with Crippen LogP contribution in [0.3, 0.4) is 0 Å². The van der Waals surface area contributed by atoms with Crippen molar-refractivity contribution >= 4 is 11.9 Å². The molecule has 1 aromatic rings. The normalized spacial score (nSPS) is 12.2. The molecule has 0 radical (unpaired) electrons. The fourth-order valence-corrected chi connectivity index (χ4v) is 1.10. The van der Waals surface area contributed by atoms with Crippen molar-refractivity contribution in [3.05, 3.63) is 0 Å². The molecule has 1 rings (SSSR count). The number of hydrogen-bond acceptors (Lipinski definition) is 7.